The molecule has 2 rings (SSSR count). The second-order valence-corrected chi connectivity index (χ2v) is 3.68. The summed E-state index contributed by atoms with van der Waals surface area (Å²) in [4.78, 5) is 8.85. The lowest BCUT2D eigenvalue weighted by Gasteiger charge is -2.09. The maximum Gasteiger partial charge on any atom is 0.0890 e. The van der Waals surface area contributed by atoms with Gasteiger partial charge in [-0.3, -0.25) is 4.98 Å². The zero-order valence-corrected chi connectivity index (χ0v) is 8.85. The topological polar surface area (TPSA) is 51.8 Å². The van der Waals surface area contributed by atoms with Gasteiger partial charge in [-0.1, -0.05) is 25.5 Å². The fourth-order valence-corrected chi connectivity index (χ4v) is 1.61. The summed E-state index contributed by atoms with van der Waals surface area (Å²) in [6.07, 6.45) is 3.80. The summed E-state index contributed by atoms with van der Waals surface area (Å²) in [7, 11) is 0. The molecule has 2 N–H and O–H groups in total. The van der Waals surface area contributed by atoms with Crippen molar-refractivity contribution < 1.29 is 0 Å². The summed E-state index contributed by atoms with van der Waals surface area (Å²) in [5.41, 5.74) is 8.72. The number of nitrogens with two attached hydrogens (primary N) is 1. The summed E-state index contributed by atoms with van der Waals surface area (Å²) in [6, 6.07) is 7.85. The summed E-state index contributed by atoms with van der Waals surface area (Å²) < 4.78 is 0. The third-order valence-electron chi connectivity index (χ3n) is 2.45. The molecule has 1 unspecified atom stereocenters. The lowest BCUT2D eigenvalue weighted by molar-refractivity contribution is 0.621. The van der Waals surface area contributed by atoms with Crippen molar-refractivity contribution in [2.45, 2.75) is 25.8 Å². The number of fused-ring (bicyclic) bond motifs is 1. The average molecular weight is 201 g/mol. The zero-order chi connectivity index (χ0) is 10.7. The number of rotatable bonds is 3. The molecule has 0 fully saturated rings. The number of benzene rings is 1. The van der Waals surface area contributed by atoms with Gasteiger partial charge in [0.25, 0.3) is 0 Å². The van der Waals surface area contributed by atoms with Crippen molar-refractivity contribution in [3.8, 4) is 0 Å². The van der Waals surface area contributed by atoms with Gasteiger partial charge in [-0.15, -0.1) is 0 Å². The Kier molecular flexibility index (Phi) is 2.92. The van der Waals surface area contributed by atoms with Crippen LogP contribution in [0.4, 0.5) is 0 Å². The van der Waals surface area contributed by atoms with Gasteiger partial charge >= 0.3 is 0 Å². The molecule has 0 spiro atoms. The third kappa shape index (κ3) is 2.13. The third-order valence-corrected chi connectivity index (χ3v) is 2.45. The molecular formula is C12H15N3. The maximum absolute atomic E-state index is 5.99. The smallest absolute Gasteiger partial charge is 0.0890 e. The monoisotopic (exact) mass is 201 g/mol. The van der Waals surface area contributed by atoms with E-state index in [0.717, 1.165) is 29.6 Å². The number of hydrogen-bond acceptors (Lipinski definition) is 3. The Morgan fingerprint density at radius 1 is 1.27 bits per heavy atom. The van der Waals surface area contributed by atoms with Gasteiger partial charge in [0.2, 0.25) is 0 Å². The van der Waals surface area contributed by atoms with Gasteiger partial charge in [0.15, 0.2) is 0 Å². The van der Waals surface area contributed by atoms with E-state index in [2.05, 4.69) is 16.9 Å². The van der Waals surface area contributed by atoms with E-state index in [1.807, 2.05) is 24.3 Å². The van der Waals surface area contributed by atoms with Crippen LogP contribution in [0.5, 0.6) is 0 Å². The molecule has 0 amide bonds. The predicted octanol–water partition coefficient (Wildman–Crippen LogP) is 2.43. The minimum atomic E-state index is 0.00658. The van der Waals surface area contributed by atoms with Gasteiger partial charge in [0.05, 0.1) is 22.9 Å². The molecule has 15 heavy (non-hydrogen) atoms. The van der Waals surface area contributed by atoms with Crippen LogP contribution in [0.15, 0.2) is 30.5 Å². The van der Waals surface area contributed by atoms with E-state index in [1.54, 1.807) is 6.20 Å². The first-order valence-electron chi connectivity index (χ1n) is 5.28. The highest BCUT2D eigenvalue weighted by molar-refractivity contribution is 5.73. The lowest BCUT2D eigenvalue weighted by Crippen LogP contribution is -2.12. The van der Waals surface area contributed by atoms with Crippen LogP contribution in [0.25, 0.3) is 11.0 Å². The molecule has 1 heterocycles. The number of aromatic nitrogens is 2. The molecule has 0 saturated carbocycles. The van der Waals surface area contributed by atoms with Crippen molar-refractivity contribution in [3.63, 3.8) is 0 Å². The Labute approximate surface area is 89.4 Å². The van der Waals surface area contributed by atoms with E-state index >= 15 is 0 Å². The van der Waals surface area contributed by atoms with Crippen molar-refractivity contribution >= 4 is 11.0 Å². The van der Waals surface area contributed by atoms with Crippen molar-refractivity contribution in [1.82, 2.24) is 9.97 Å². The van der Waals surface area contributed by atoms with Crippen LogP contribution in [0.3, 0.4) is 0 Å². The first-order chi connectivity index (χ1) is 7.31. The highest BCUT2D eigenvalue weighted by Crippen LogP contribution is 2.15. The number of nitrogens with zero attached hydrogens (tertiary/aromatic N) is 2. The van der Waals surface area contributed by atoms with Gasteiger partial charge < -0.3 is 5.73 Å². The largest absolute Gasteiger partial charge is 0.323 e. The Bertz CT molecular complexity index is 453. The molecule has 3 heteroatoms. The standard InChI is InChI=1S/C12H15N3/c1-2-5-9(13)12-8-14-10-6-3-4-7-11(10)15-12/h3-4,6-9H,2,5,13H2,1H3. The molecule has 0 bridgehead atoms. The van der Waals surface area contributed by atoms with E-state index in [4.69, 9.17) is 5.73 Å². The molecule has 78 valence electrons. The molecule has 1 aromatic heterocycles. The van der Waals surface area contributed by atoms with Gasteiger partial charge in [-0.05, 0) is 18.6 Å². The molecular weight excluding hydrogens is 186 g/mol. The second kappa shape index (κ2) is 4.36. The average Bonchev–Trinajstić information content (AvgIpc) is 2.29. The van der Waals surface area contributed by atoms with Crippen molar-refractivity contribution in [2.75, 3.05) is 0 Å². The van der Waals surface area contributed by atoms with E-state index in [9.17, 15) is 0 Å². The highest BCUT2D eigenvalue weighted by Gasteiger charge is 2.07. The Hall–Kier alpha value is -1.48. The van der Waals surface area contributed by atoms with Crippen LogP contribution < -0.4 is 5.73 Å². The molecule has 0 radical (unpaired) electrons. The normalized spacial score (nSPS) is 12.9. The van der Waals surface area contributed by atoms with Crippen LogP contribution >= 0.6 is 0 Å². The molecule has 0 aliphatic heterocycles. The van der Waals surface area contributed by atoms with Crippen LogP contribution in [-0.4, -0.2) is 9.97 Å². The van der Waals surface area contributed by atoms with Crippen LogP contribution in [-0.2, 0) is 0 Å². The summed E-state index contributed by atoms with van der Waals surface area (Å²) in [5, 5.41) is 0. The van der Waals surface area contributed by atoms with Crippen LogP contribution in [0.2, 0.25) is 0 Å². The van der Waals surface area contributed by atoms with E-state index in [0.29, 0.717) is 0 Å². The quantitative estimate of drug-likeness (QED) is 0.829. The maximum atomic E-state index is 5.99. The summed E-state index contributed by atoms with van der Waals surface area (Å²) in [5.74, 6) is 0. The van der Waals surface area contributed by atoms with Gasteiger partial charge in [0.1, 0.15) is 0 Å². The first-order valence-corrected chi connectivity index (χ1v) is 5.28. The van der Waals surface area contributed by atoms with E-state index in [1.165, 1.54) is 0 Å². The molecule has 0 aliphatic carbocycles. The van der Waals surface area contributed by atoms with Crippen LogP contribution in [0.1, 0.15) is 31.5 Å². The molecule has 0 saturated heterocycles. The summed E-state index contributed by atoms with van der Waals surface area (Å²) in [6.45, 7) is 2.12. The minimum Gasteiger partial charge on any atom is -0.323 e. The van der Waals surface area contributed by atoms with Gasteiger partial charge in [-0.2, -0.15) is 0 Å². The van der Waals surface area contributed by atoms with Gasteiger partial charge in [0, 0.05) is 6.04 Å². The second-order valence-electron chi connectivity index (χ2n) is 3.68. The molecule has 1 atom stereocenters. The first kappa shape index (κ1) is 10.1. The summed E-state index contributed by atoms with van der Waals surface area (Å²) >= 11 is 0. The van der Waals surface area contributed by atoms with E-state index < -0.39 is 0 Å². The van der Waals surface area contributed by atoms with Crippen molar-refractivity contribution in [1.29, 1.82) is 0 Å². The van der Waals surface area contributed by atoms with Gasteiger partial charge in [-0.25, -0.2) is 4.98 Å². The number of hydrogen-bond donors (Lipinski definition) is 1. The van der Waals surface area contributed by atoms with E-state index in [-0.39, 0.29) is 6.04 Å². The molecule has 2 aromatic rings. The molecule has 1 aromatic carbocycles. The fraction of sp³-hybridized carbons (Fsp3) is 0.333. The molecule has 3 nitrogen and oxygen atoms in total. The Morgan fingerprint density at radius 3 is 2.73 bits per heavy atom. The highest BCUT2D eigenvalue weighted by atomic mass is 14.8. The van der Waals surface area contributed by atoms with Crippen molar-refractivity contribution in [2.24, 2.45) is 5.73 Å². The minimum absolute atomic E-state index is 0.00658. The fourth-order valence-electron chi connectivity index (χ4n) is 1.61. The molecule has 0 aliphatic rings. The predicted molar refractivity (Wildman–Crippen MR) is 61.4 cm³/mol. The van der Waals surface area contributed by atoms with Crippen LogP contribution in [0, 0.1) is 0 Å². The lowest BCUT2D eigenvalue weighted by atomic mass is 10.1. The zero-order valence-electron chi connectivity index (χ0n) is 8.85. The van der Waals surface area contributed by atoms with Crippen molar-refractivity contribution in [3.05, 3.63) is 36.2 Å². The SMILES string of the molecule is CCCC(N)c1cnc2ccccc2n1. The Balaban J connectivity index is 2.38. The Morgan fingerprint density at radius 2 is 2.00 bits per heavy atom. The number of para-hydroxylation sites is 2.